The molecule has 0 bridgehead atoms. The Bertz CT molecular complexity index is 820. The van der Waals surface area contributed by atoms with Crippen molar-refractivity contribution in [3.05, 3.63) is 58.4 Å². The second-order valence-electron chi connectivity index (χ2n) is 5.12. The summed E-state index contributed by atoms with van der Waals surface area (Å²) in [6, 6.07) is 13.7. The largest absolute Gasteiger partial charge is 0.493 e. The number of nitrogens with zero attached hydrogens (tertiary/aromatic N) is 1. The normalized spacial score (nSPS) is 10.1. The zero-order valence-corrected chi connectivity index (χ0v) is 15.1. The molecular formula is C18H19ClN2O2S. The lowest BCUT2D eigenvalue weighted by atomic mass is 10.1. The molecule has 4 nitrogen and oxygen atoms in total. The first-order valence-corrected chi connectivity index (χ1v) is 8.09. The molecule has 0 saturated heterocycles. The molecule has 0 unspecified atom stereocenters. The molecule has 6 heteroatoms. The van der Waals surface area contributed by atoms with Crippen LogP contribution in [0.25, 0.3) is 11.3 Å². The summed E-state index contributed by atoms with van der Waals surface area (Å²) < 4.78 is 10.6. The molecule has 1 heterocycles. The lowest BCUT2D eigenvalue weighted by molar-refractivity contribution is 0.354. The van der Waals surface area contributed by atoms with Crippen LogP contribution in [0.4, 0.5) is 5.69 Å². The molecule has 0 radical (unpaired) electrons. The van der Waals surface area contributed by atoms with Crippen molar-refractivity contribution in [2.24, 2.45) is 0 Å². The van der Waals surface area contributed by atoms with Crippen LogP contribution in [-0.4, -0.2) is 19.2 Å². The van der Waals surface area contributed by atoms with Crippen LogP contribution < -0.4 is 15.2 Å². The molecule has 24 heavy (non-hydrogen) atoms. The Labute approximate surface area is 151 Å². The van der Waals surface area contributed by atoms with Crippen molar-refractivity contribution >= 4 is 29.4 Å². The van der Waals surface area contributed by atoms with Crippen molar-refractivity contribution in [3.63, 3.8) is 0 Å². The highest BCUT2D eigenvalue weighted by Crippen LogP contribution is 2.30. The molecule has 0 aliphatic carbocycles. The molecule has 1 aromatic heterocycles. The number of aromatic nitrogens is 1. The molecule has 0 spiro atoms. The Balaban J connectivity index is 0.00000208. The zero-order valence-electron chi connectivity index (χ0n) is 13.5. The van der Waals surface area contributed by atoms with Crippen molar-refractivity contribution in [2.75, 3.05) is 20.0 Å². The number of benzene rings is 2. The van der Waals surface area contributed by atoms with Crippen LogP contribution in [0.2, 0.25) is 0 Å². The van der Waals surface area contributed by atoms with Crippen molar-refractivity contribution in [2.45, 2.75) is 6.42 Å². The average molecular weight is 363 g/mol. The van der Waals surface area contributed by atoms with E-state index >= 15 is 0 Å². The highest BCUT2D eigenvalue weighted by molar-refractivity contribution is 7.10. The maximum atomic E-state index is 5.84. The minimum absolute atomic E-state index is 0. The van der Waals surface area contributed by atoms with Crippen LogP contribution in [0.15, 0.2) is 47.8 Å². The lowest BCUT2D eigenvalue weighted by Gasteiger charge is -2.08. The summed E-state index contributed by atoms with van der Waals surface area (Å²) >= 11 is 1.64. The summed E-state index contributed by atoms with van der Waals surface area (Å²) in [6.45, 7) is 0. The monoisotopic (exact) mass is 362 g/mol. The molecule has 2 N–H and O–H groups in total. The third-order valence-corrected chi connectivity index (χ3v) is 4.39. The lowest BCUT2D eigenvalue weighted by Crippen LogP contribution is -1.93. The van der Waals surface area contributed by atoms with Gasteiger partial charge in [-0.1, -0.05) is 18.2 Å². The molecule has 0 fully saturated rings. The summed E-state index contributed by atoms with van der Waals surface area (Å²) in [7, 11) is 3.28. The predicted octanol–water partition coefficient (Wildman–Crippen LogP) is 4.42. The fourth-order valence-corrected chi connectivity index (χ4v) is 3.23. The van der Waals surface area contributed by atoms with Gasteiger partial charge in [-0.25, -0.2) is 4.98 Å². The highest BCUT2D eigenvalue weighted by atomic mass is 35.5. The summed E-state index contributed by atoms with van der Waals surface area (Å²) in [5, 5.41) is 3.11. The molecule has 0 atom stereocenters. The molecule has 126 valence electrons. The van der Waals surface area contributed by atoms with Gasteiger partial charge in [0.1, 0.15) is 0 Å². The first kappa shape index (κ1) is 18.1. The van der Waals surface area contributed by atoms with Crippen molar-refractivity contribution in [1.82, 2.24) is 4.98 Å². The molecule has 0 amide bonds. The number of nitrogen functional groups attached to an aromatic ring is 1. The maximum absolute atomic E-state index is 5.84. The minimum Gasteiger partial charge on any atom is -0.493 e. The van der Waals surface area contributed by atoms with Gasteiger partial charge in [-0.3, -0.25) is 0 Å². The number of hydrogen-bond donors (Lipinski definition) is 1. The van der Waals surface area contributed by atoms with Crippen molar-refractivity contribution in [1.29, 1.82) is 0 Å². The highest BCUT2D eigenvalue weighted by Gasteiger charge is 2.09. The van der Waals surface area contributed by atoms with Gasteiger partial charge in [-0.2, -0.15) is 0 Å². The van der Waals surface area contributed by atoms with Crippen LogP contribution in [0.3, 0.4) is 0 Å². The first-order valence-electron chi connectivity index (χ1n) is 7.21. The average Bonchev–Trinajstić information content (AvgIpc) is 3.03. The van der Waals surface area contributed by atoms with E-state index < -0.39 is 0 Å². The van der Waals surface area contributed by atoms with Crippen LogP contribution in [0.1, 0.15) is 10.6 Å². The summed E-state index contributed by atoms with van der Waals surface area (Å²) in [5.74, 6) is 1.47. The summed E-state index contributed by atoms with van der Waals surface area (Å²) in [4.78, 5) is 4.71. The van der Waals surface area contributed by atoms with Gasteiger partial charge in [-0.15, -0.1) is 23.7 Å². The molecular weight excluding hydrogens is 344 g/mol. The molecule has 0 aliphatic heterocycles. The fourth-order valence-electron chi connectivity index (χ4n) is 2.39. The molecule has 3 rings (SSSR count). The van der Waals surface area contributed by atoms with Crippen LogP contribution in [-0.2, 0) is 6.42 Å². The Hall–Kier alpha value is -2.24. The third kappa shape index (κ3) is 3.99. The van der Waals surface area contributed by atoms with E-state index in [0.717, 1.165) is 45.4 Å². The molecule has 2 aromatic carbocycles. The molecule has 0 saturated carbocycles. The van der Waals surface area contributed by atoms with E-state index in [0.29, 0.717) is 0 Å². The third-order valence-electron chi connectivity index (χ3n) is 3.54. The second kappa shape index (κ2) is 8.04. The van der Waals surface area contributed by atoms with Crippen LogP contribution in [0, 0.1) is 0 Å². The Morgan fingerprint density at radius 3 is 2.54 bits per heavy atom. The topological polar surface area (TPSA) is 57.4 Å². The number of anilines is 1. The van der Waals surface area contributed by atoms with Crippen LogP contribution >= 0.6 is 23.7 Å². The Kier molecular flexibility index (Phi) is 6.06. The van der Waals surface area contributed by atoms with Crippen molar-refractivity contribution in [3.8, 4) is 22.8 Å². The Morgan fingerprint density at radius 1 is 1.04 bits per heavy atom. The maximum Gasteiger partial charge on any atom is 0.160 e. The van der Waals surface area contributed by atoms with Gasteiger partial charge < -0.3 is 15.2 Å². The second-order valence-corrected chi connectivity index (χ2v) is 6.06. The SMILES string of the molecule is COc1ccc(Cc2nc(-c3cccc(N)c3)cs2)cc1OC.Cl. The van der Waals surface area contributed by atoms with Gasteiger partial charge in [0.15, 0.2) is 11.5 Å². The number of nitrogens with two attached hydrogens (primary N) is 1. The van der Waals surface area contributed by atoms with Gasteiger partial charge in [-0.05, 0) is 29.8 Å². The molecule has 0 aliphatic rings. The van der Waals surface area contributed by atoms with E-state index in [2.05, 4.69) is 5.38 Å². The number of halogens is 1. The van der Waals surface area contributed by atoms with E-state index in [1.165, 1.54) is 0 Å². The van der Waals surface area contributed by atoms with Gasteiger partial charge >= 0.3 is 0 Å². The number of rotatable bonds is 5. The zero-order chi connectivity index (χ0) is 16.2. The fraction of sp³-hybridized carbons (Fsp3) is 0.167. The van der Waals surface area contributed by atoms with Crippen molar-refractivity contribution < 1.29 is 9.47 Å². The smallest absolute Gasteiger partial charge is 0.160 e. The molecule has 3 aromatic rings. The standard InChI is InChI=1S/C18H18N2O2S.ClH/c1-21-16-7-6-12(8-17(16)22-2)9-18-20-15(11-23-18)13-4-3-5-14(19)10-13;/h3-8,10-11H,9,19H2,1-2H3;1H. The number of ether oxygens (including phenoxy) is 2. The number of hydrogen-bond acceptors (Lipinski definition) is 5. The van der Waals surface area contributed by atoms with E-state index in [-0.39, 0.29) is 12.4 Å². The van der Waals surface area contributed by atoms with E-state index in [1.807, 2.05) is 42.5 Å². The minimum atomic E-state index is 0. The predicted molar refractivity (Wildman–Crippen MR) is 102 cm³/mol. The van der Waals surface area contributed by atoms with Gasteiger partial charge in [0, 0.05) is 23.1 Å². The van der Waals surface area contributed by atoms with Gasteiger partial charge in [0.2, 0.25) is 0 Å². The van der Waals surface area contributed by atoms with E-state index in [1.54, 1.807) is 25.6 Å². The van der Waals surface area contributed by atoms with E-state index in [4.69, 9.17) is 20.2 Å². The number of methoxy groups -OCH3 is 2. The van der Waals surface area contributed by atoms with E-state index in [9.17, 15) is 0 Å². The van der Waals surface area contributed by atoms with Gasteiger partial charge in [0.25, 0.3) is 0 Å². The Morgan fingerprint density at radius 2 is 1.83 bits per heavy atom. The summed E-state index contributed by atoms with van der Waals surface area (Å²) in [6.07, 6.45) is 0.757. The van der Waals surface area contributed by atoms with Gasteiger partial charge in [0.05, 0.1) is 24.9 Å². The quantitative estimate of drug-likeness (QED) is 0.682. The van der Waals surface area contributed by atoms with Crippen LogP contribution in [0.5, 0.6) is 11.5 Å². The summed E-state index contributed by atoms with van der Waals surface area (Å²) in [5.41, 5.74) is 9.72. The number of thiazole rings is 1. The first-order chi connectivity index (χ1) is 11.2.